The van der Waals surface area contributed by atoms with Gasteiger partial charge in [0.1, 0.15) is 12.4 Å². The molecule has 10 nitrogen and oxygen atoms in total. The molecule has 1 unspecified atom stereocenters. The number of cyclic esters (lactones) is 1. The Morgan fingerprint density at radius 1 is 1.29 bits per heavy atom. The molecule has 1 aliphatic carbocycles. The topological polar surface area (TPSA) is 163 Å². The van der Waals surface area contributed by atoms with Crippen molar-refractivity contribution in [2.75, 3.05) is 0 Å². The summed E-state index contributed by atoms with van der Waals surface area (Å²) in [5.41, 5.74) is 15.6. The van der Waals surface area contributed by atoms with E-state index in [0.717, 1.165) is 24.0 Å². The first kappa shape index (κ1) is 25.8. The van der Waals surface area contributed by atoms with Crippen LogP contribution in [0.1, 0.15) is 60.6 Å². The van der Waals surface area contributed by atoms with E-state index in [0.29, 0.717) is 33.6 Å². The maximum Gasteiger partial charge on any atom is 0.340 e. The maximum absolute atomic E-state index is 14.5. The molecule has 2 aromatic heterocycles. The lowest BCUT2D eigenvalue weighted by molar-refractivity contribution is -0.157. The van der Waals surface area contributed by atoms with Gasteiger partial charge in [0.15, 0.2) is 6.10 Å². The second-order valence-corrected chi connectivity index (χ2v) is 9.81. The van der Waals surface area contributed by atoms with Crippen LogP contribution in [0.15, 0.2) is 34.9 Å². The fourth-order valence-corrected chi connectivity index (χ4v) is 4.98. The Morgan fingerprint density at radius 2 is 2.00 bits per heavy atom. The second-order valence-electron chi connectivity index (χ2n) is 9.81. The van der Waals surface area contributed by atoms with Gasteiger partial charge in [0, 0.05) is 34.5 Å². The Bertz CT molecular complexity index is 1580. The zero-order valence-electron chi connectivity index (χ0n) is 21.5. The van der Waals surface area contributed by atoms with Crippen molar-refractivity contribution >= 4 is 16.9 Å². The summed E-state index contributed by atoms with van der Waals surface area (Å²) in [6, 6.07) is 4.65. The van der Waals surface area contributed by atoms with Crippen molar-refractivity contribution in [2.45, 2.75) is 65.0 Å². The van der Waals surface area contributed by atoms with E-state index in [2.05, 4.69) is 0 Å². The normalized spacial score (nSPS) is 18.7. The number of ether oxygens (including phenoxy) is 1. The summed E-state index contributed by atoms with van der Waals surface area (Å²) in [7, 11) is 0. The van der Waals surface area contributed by atoms with E-state index >= 15 is 0 Å². The molecule has 3 aromatic rings. The zero-order valence-corrected chi connectivity index (χ0v) is 21.5. The number of carbonyl (C=O) groups excluding carboxylic acids is 1. The van der Waals surface area contributed by atoms with Gasteiger partial charge >= 0.3 is 5.97 Å². The summed E-state index contributed by atoms with van der Waals surface area (Å²) in [6.45, 7) is 5.86. The molecule has 38 heavy (non-hydrogen) atoms. The highest BCUT2D eigenvalue weighted by molar-refractivity contribution is 5.89. The average Bonchev–Trinajstić information content (AvgIpc) is 3.54. The van der Waals surface area contributed by atoms with Crippen molar-refractivity contribution in [1.29, 1.82) is 0 Å². The number of rotatable bonds is 4. The van der Waals surface area contributed by atoms with Crippen LogP contribution in [0.25, 0.3) is 22.3 Å². The lowest BCUT2D eigenvalue weighted by atomic mass is 9.97. The molecule has 1 aromatic carbocycles. The average molecular weight is 523 g/mol. The predicted molar refractivity (Wildman–Crippen MR) is 139 cm³/mol. The Morgan fingerprint density at radius 3 is 2.68 bits per heavy atom. The van der Waals surface area contributed by atoms with Crippen molar-refractivity contribution in [3.8, 4) is 11.4 Å². The van der Waals surface area contributed by atoms with Crippen LogP contribution in [-0.4, -0.2) is 31.2 Å². The summed E-state index contributed by atoms with van der Waals surface area (Å²) in [6.07, 6.45) is 1.62. The number of aromatic nitrogens is 2. The van der Waals surface area contributed by atoms with Gasteiger partial charge in [-0.1, -0.05) is 13.8 Å². The van der Waals surface area contributed by atoms with Crippen LogP contribution < -0.4 is 22.9 Å². The number of nitrogens with zero attached hydrogens (tertiary/aromatic N) is 3. The molecule has 6 rings (SSSR count). The number of nitrogens with two attached hydrogens (primary N) is 3. The molecule has 3 aliphatic rings. The molecule has 2 aliphatic heterocycles. The van der Waals surface area contributed by atoms with Gasteiger partial charge < -0.3 is 30.9 Å². The fraction of sp³-hybridized carbons (Fsp3) is 0.370. The lowest BCUT2D eigenvalue weighted by Crippen LogP contribution is -2.34. The molecule has 7 N–H and O–H groups in total. The van der Waals surface area contributed by atoms with Crippen molar-refractivity contribution in [1.82, 2.24) is 14.6 Å². The highest BCUT2D eigenvalue weighted by atomic mass is 19.1. The van der Waals surface area contributed by atoms with Crippen molar-refractivity contribution in [3.05, 3.63) is 74.1 Å². The van der Waals surface area contributed by atoms with Crippen LogP contribution >= 0.6 is 0 Å². The SMILES string of the molecule is CC.Cc1cc2c(CN(N)/C=C(\N)C3(N)CC3)c3c(nc2cc1F)-c1cc2c(c(=O)n1C3)COC(=O)C2O. The Kier molecular flexibility index (Phi) is 6.25. The van der Waals surface area contributed by atoms with Crippen LogP contribution in [0.5, 0.6) is 0 Å². The first-order valence-corrected chi connectivity index (χ1v) is 12.6. The monoisotopic (exact) mass is 522 g/mol. The molecule has 0 amide bonds. The molecule has 200 valence electrons. The molecule has 1 saturated carbocycles. The highest BCUT2D eigenvalue weighted by Gasteiger charge is 2.41. The number of carbonyl (C=O) groups is 1. The first-order chi connectivity index (χ1) is 18.1. The molecule has 11 heteroatoms. The number of aliphatic hydroxyl groups excluding tert-OH is 1. The predicted octanol–water partition coefficient (Wildman–Crippen LogP) is 1.96. The quantitative estimate of drug-likeness (QED) is 0.178. The van der Waals surface area contributed by atoms with Crippen LogP contribution in [0.2, 0.25) is 0 Å². The van der Waals surface area contributed by atoms with E-state index in [-0.39, 0.29) is 36.4 Å². The molecule has 0 spiro atoms. The summed E-state index contributed by atoms with van der Waals surface area (Å²) in [5.74, 6) is 5.10. The third-order valence-corrected chi connectivity index (χ3v) is 7.36. The number of halogens is 1. The molecular weight excluding hydrogens is 491 g/mol. The number of pyridine rings is 2. The van der Waals surface area contributed by atoms with Crippen molar-refractivity contribution < 1.29 is 19.0 Å². The second kappa shape index (κ2) is 9.19. The van der Waals surface area contributed by atoms with Crippen molar-refractivity contribution in [3.63, 3.8) is 0 Å². The first-order valence-electron chi connectivity index (χ1n) is 12.6. The third kappa shape index (κ3) is 4.03. The summed E-state index contributed by atoms with van der Waals surface area (Å²) < 4.78 is 21.0. The van der Waals surface area contributed by atoms with Crippen molar-refractivity contribution in [2.24, 2.45) is 17.3 Å². The molecule has 4 heterocycles. The van der Waals surface area contributed by atoms with E-state index in [1.54, 1.807) is 25.3 Å². The number of aryl methyl sites for hydroxylation is 1. The van der Waals surface area contributed by atoms with E-state index < -0.39 is 23.4 Å². The maximum atomic E-state index is 14.5. The number of hydrogen-bond donors (Lipinski definition) is 4. The third-order valence-electron chi connectivity index (χ3n) is 7.36. The highest BCUT2D eigenvalue weighted by Crippen LogP contribution is 2.39. The van der Waals surface area contributed by atoms with Crippen LogP contribution in [0.3, 0.4) is 0 Å². The van der Waals surface area contributed by atoms with E-state index in [1.807, 2.05) is 13.8 Å². The zero-order chi connectivity index (χ0) is 27.5. The number of benzene rings is 1. The minimum Gasteiger partial charge on any atom is -0.458 e. The summed E-state index contributed by atoms with van der Waals surface area (Å²) in [4.78, 5) is 29.9. The van der Waals surface area contributed by atoms with Gasteiger partial charge in [0.25, 0.3) is 5.56 Å². The Balaban J connectivity index is 0.00000144. The smallest absolute Gasteiger partial charge is 0.340 e. The molecule has 0 bridgehead atoms. The van der Waals surface area contributed by atoms with Crippen LogP contribution in [0, 0.1) is 12.7 Å². The summed E-state index contributed by atoms with van der Waals surface area (Å²) in [5, 5.41) is 12.5. The number of fused-ring (bicyclic) bond motifs is 5. The molecule has 1 fully saturated rings. The number of aliphatic hydroxyl groups is 1. The molecule has 0 saturated heterocycles. The Hall–Kier alpha value is -3.80. The minimum absolute atomic E-state index is 0.197. The number of esters is 1. The molecule has 0 radical (unpaired) electrons. The van der Waals surface area contributed by atoms with Gasteiger partial charge in [0.05, 0.1) is 41.1 Å². The minimum atomic E-state index is -1.56. The molecule has 1 atom stereocenters. The van der Waals surface area contributed by atoms with E-state index in [1.165, 1.54) is 15.6 Å². The Labute approximate surface area is 218 Å². The summed E-state index contributed by atoms with van der Waals surface area (Å²) >= 11 is 0. The van der Waals surface area contributed by atoms with Gasteiger partial charge in [-0.05, 0) is 43.0 Å². The van der Waals surface area contributed by atoms with Gasteiger partial charge in [-0.3, -0.25) is 4.79 Å². The van der Waals surface area contributed by atoms with E-state index in [9.17, 15) is 19.1 Å². The standard InChI is InChI=1S/C25H25FN6O4.C2H6/c1-11-4-12-14(7-31(29)9-20(27)25(28)2-3-25)15-8-32-19(21(15)30-18(12)6-17(11)26)5-13-16(23(32)34)10-36-24(35)22(13)33;1-2/h4-6,9,22,33H,2-3,7-8,10,27-29H2,1H3;1-2H3/b20-9-;. The lowest BCUT2D eigenvalue weighted by Gasteiger charge is -2.21. The van der Waals surface area contributed by atoms with Gasteiger partial charge in [-0.15, -0.1) is 0 Å². The van der Waals surface area contributed by atoms with Gasteiger partial charge in [-0.25, -0.2) is 20.0 Å². The number of hydrogen-bond acceptors (Lipinski definition) is 9. The molecular formula is C27H31FN6O4. The van der Waals surface area contributed by atoms with Gasteiger partial charge in [0.2, 0.25) is 0 Å². The van der Waals surface area contributed by atoms with E-state index in [4.69, 9.17) is 27.0 Å². The van der Waals surface area contributed by atoms with Crippen LogP contribution in [0.4, 0.5) is 4.39 Å². The largest absolute Gasteiger partial charge is 0.458 e. The van der Waals surface area contributed by atoms with Gasteiger partial charge in [-0.2, -0.15) is 0 Å². The fourth-order valence-electron chi connectivity index (χ4n) is 4.98. The van der Waals surface area contributed by atoms with Crippen LogP contribution in [-0.2, 0) is 29.2 Å². The number of hydrazine groups is 1.